The van der Waals surface area contributed by atoms with E-state index in [9.17, 15) is 9.59 Å². The third kappa shape index (κ3) is 6.64. The highest BCUT2D eigenvalue weighted by atomic mass is 16.5. The van der Waals surface area contributed by atoms with E-state index in [4.69, 9.17) is 9.47 Å². The summed E-state index contributed by atoms with van der Waals surface area (Å²) >= 11 is 0. The Morgan fingerprint density at radius 3 is 2.83 bits per heavy atom. The number of H-pyrrole nitrogens is 1. The number of aryl methyl sites for hydroxylation is 1. The number of ether oxygens (including phenoxy) is 2. The van der Waals surface area contributed by atoms with E-state index < -0.39 is 0 Å². The summed E-state index contributed by atoms with van der Waals surface area (Å²) in [5, 5.41) is 11.0. The van der Waals surface area contributed by atoms with E-state index in [1.807, 2.05) is 38.1 Å². The summed E-state index contributed by atoms with van der Waals surface area (Å²) < 4.78 is 11.0. The lowest BCUT2D eigenvalue weighted by molar-refractivity contribution is -0.121. The maximum Gasteiger partial charge on any atom is 0.273 e. The molecular weight excluding hydrogens is 386 g/mol. The second-order valence-electron chi connectivity index (χ2n) is 7.45. The number of aromatic nitrogens is 3. The zero-order chi connectivity index (χ0) is 21.3. The van der Waals surface area contributed by atoms with Crippen molar-refractivity contribution < 1.29 is 14.3 Å². The maximum atomic E-state index is 12.4. The summed E-state index contributed by atoms with van der Waals surface area (Å²) in [6.45, 7) is 8.52. The van der Waals surface area contributed by atoms with Gasteiger partial charge >= 0.3 is 0 Å². The highest BCUT2D eigenvalue weighted by molar-refractivity contribution is 5.76. The first kappa shape index (κ1) is 21.9. The van der Waals surface area contributed by atoms with E-state index in [1.54, 1.807) is 0 Å². The number of amides is 1. The molecule has 0 aliphatic carbocycles. The molecule has 1 aromatic carbocycles. The van der Waals surface area contributed by atoms with E-state index in [1.165, 1.54) is 0 Å². The minimum atomic E-state index is -0.337. The number of morpholine rings is 1. The van der Waals surface area contributed by atoms with Crippen LogP contribution < -0.4 is 15.6 Å². The van der Waals surface area contributed by atoms with Gasteiger partial charge in [0.15, 0.2) is 5.82 Å². The first-order valence-electron chi connectivity index (χ1n) is 10.3. The highest BCUT2D eigenvalue weighted by Gasteiger charge is 2.12. The second-order valence-corrected chi connectivity index (χ2v) is 7.45. The average molecular weight is 415 g/mol. The standard InChI is InChI=1S/C21H29N5O4/c1-15(2)30-17-5-3-4-16(14-17)20-23-21(28)18(24-25-20)6-7-19(27)22-8-9-26-10-12-29-13-11-26/h3-5,14-15H,6-13H2,1-2H3,(H,22,27)(H,23,25,28). The van der Waals surface area contributed by atoms with E-state index in [2.05, 4.69) is 25.4 Å². The number of carbonyl (C=O) groups excluding carboxylic acids is 1. The number of hydrogen-bond acceptors (Lipinski definition) is 7. The number of benzene rings is 1. The van der Waals surface area contributed by atoms with Gasteiger partial charge in [0.25, 0.3) is 5.56 Å². The number of carbonyl (C=O) groups is 1. The topological polar surface area (TPSA) is 109 Å². The molecule has 30 heavy (non-hydrogen) atoms. The van der Waals surface area contributed by atoms with Crippen LogP contribution in [0.2, 0.25) is 0 Å². The predicted molar refractivity (Wildman–Crippen MR) is 112 cm³/mol. The summed E-state index contributed by atoms with van der Waals surface area (Å²) in [7, 11) is 0. The van der Waals surface area contributed by atoms with Crippen molar-refractivity contribution in [1.82, 2.24) is 25.4 Å². The third-order valence-electron chi connectivity index (χ3n) is 4.69. The molecule has 1 fully saturated rings. The van der Waals surface area contributed by atoms with Gasteiger partial charge in [-0.2, -0.15) is 0 Å². The molecule has 1 saturated heterocycles. The summed E-state index contributed by atoms with van der Waals surface area (Å²) in [6, 6.07) is 7.32. The molecule has 9 nitrogen and oxygen atoms in total. The van der Waals surface area contributed by atoms with Crippen LogP contribution in [0.4, 0.5) is 0 Å². The van der Waals surface area contributed by atoms with Gasteiger partial charge in [-0.05, 0) is 26.0 Å². The number of hydrogen-bond donors (Lipinski definition) is 2. The molecule has 1 aromatic heterocycles. The van der Waals surface area contributed by atoms with Crippen molar-refractivity contribution in [2.75, 3.05) is 39.4 Å². The Kier molecular flexibility index (Phi) is 7.92. The Labute approximate surface area is 175 Å². The molecule has 162 valence electrons. The quantitative estimate of drug-likeness (QED) is 0.629. The zero-order valence-corrected chi connectivity index (χ0v) is 17.5. The smallest absolute Gasteiger partial charge is 0.273 e. The first-order valence-corrected chi connectivity index (χ1v) is 10.3. The van der Waals surface area contributed by atoms with Gasteiger partial charge in [-0.15, -0.1) is 10.2 Å². The van der Waals surface area contributed by atoms with E-state index in [0.717, 1.165) is 32.8 Å². The minimum Gasteiger partial charge on any atom is -0.491 e. The normalized spacial score (nSPS) is 14.6. The van der Waals surface area contributed by atoms with Crippen LogP contribution >= 0.6 is 0 Å². The van der Waals surface area contributed by atoms with Gasteiger partial charge in [-0.1, -0.05) is 12.1 Å². The number of rotatable bonds is 9. The van der Waals surface area contributed by atoms with Crippen molar-refractivity contribution in [2.45, 2.75) is 32.8 Å². The van der Waals surface area contributed by atoms with Crippen LogP contribution in [0.25, 0.3) is 11.4 Å². The van der Waals surface area contributed by atoms with Gasteiger partial charge in [-0.3, -0.25) is 14.5 Å². The zero-order valence-electron chi connectivity index (χ0n) is 17.5. The molecule has 0 unspecified atom stereocenters. The molecular formula is C21H29N5O4. The molecule has 1 aliphatic heterocycles. The fraction of sp³-hybridized carbons (Fsp3) is 0.524. The lowest BCUT2D eigenvalue weighted by Gasteiger charge is -2.26. The molecule has 2 N–H and O–H groups in total. The Balaban J connectivity index is 1.50. The van der Waals surface area contributed by atoms with Gasteiger partial charge in [0.1, 0.15) is 11.4 Å². The van der Waals surface area contributed by atoms with Gasteiger partial charge in [0, 0.05) is 44.6 Å². The highest BCUT2D eigenvalue weighted by Crippen LogP contribution is 2.20. The van der Waals surface area contributed by atoms with E-state index >= 15 is 0 Å². The van der Waals surface area contributed by atoms with Crippen molar-refractivity contribution in [3.63, 3.8) is 0 Å². The first-order chi connectivity index (χ1) is 14.5. The SMILES string of the molecule is CC(C)Oc1cccc(-c2nnc(CCC(=O)NCCN3CCOCC3)c(=O)[nH]2)c1. The lowest BCUT2D eigenvalue weighted by atomic mass is 10.2. The van der Waals surface area contributed by atoms with E-state index in [0.29, 0.717) is 23.7 Å². The van der Waals surface area contributed by atoms with Gasteiger partial charge in [-0.25, -0.2) is 0 Å². The third-order valence-corrected chi connectivity index (χ3v) is 4.69. The number of nitrogens with one attached hydrogen (secondary N) is 2. The molecule has 0 radical (unpaired) electrons. The maximum absolute atomic E-state index is 12.4. The van der Waals surface area contributed by atoms with Crippen LogP contribution in [0.5, 0.6) is 5.75 Å². The van der Waals surface area contributed by atoms with Gasteiger partial charge in [0.05, 0.1) is 19.3 Å². The van der Waals surface area contributed by atoms with Crippen molar-refractivity contribution in [3.05, 3.63) is 40.3 Å². The molecule has 0 saturated carbocycles. The van der Waals surface area contributed by atoms with Crippen molar-refractivity contribution in [2.24, 2.45) is 0 Å². The van der Waals surface area contributed by atoms with E-state index in [-0.39, 0.29) is 36.1 Å². The molecule has 0 spiro atoms. The molecule has 0 bridgehead atoms. The van der Waals surface area contributed by atoms with Crippen LogP contribution in [0.15, 0.2) is 29.1 Å². The van der Waals surface area contributed by atoms with Crippen molar-refractivity contribution in [1.29, 1.82) is 0 Å². The molecule has 3 rings (SSSR count). The van der Waals surface area contributed by atoms with Crippen molar-refractivity contribution in [3.8, 4) is 17.1 Å². The van der Waals surface area contributed by atoms with Gasteiger partial charge in [0.2, 0.25) is 5.91 Å². The van der Waals surface area contributed by atoms with Crippen LogP contribution in [-0.4, -0.2) is 71.5 Å². The van der Waals surface area contributed by atoms with Crippen LogP contribution in [0, 0.1) is 0 Å². The van der Waals surface area contributed by atoms with Crippen LogP contribution in [-0.2, 0) is 16.0 Å². The number of aromatic amines is 1. The molecule has 1 amide bonds. The Morgan fingerprint density at radius 2 is 2.10 bits per heavy atom. The second kappa shape index (κ2) is 10.8. The molecule has 9 heteroatoms. The summed E-state index contributed by atoms with van der Waals surface area (Å²) in [5.74, 6) is 0.961. The van der Waals surface area contributed by atoms with Gasteiger partial charge < -0.3 is 19.8 Å². The Bertz CT molecular complexity index is 893. The summed E-state index contributed by atoms with van der Waals surface area (Å²) in [6.07, 6.45) is 0.480. The summed E-state index contributed by atoms with van der Waals surface area (Å²) in [4.78, 5) is 29.4. The van der Waals surface area contributed by atoms with Crippen molar-refractivity contribution >= 4 is 5.91 Å². The fourth-order valence-electron chi connectivity index (χ4n) is 3.14. The van der Waals surface area contributed by atoms with Crippen LogP contribution in [0.1, 0.15) is 26.0 Å². The fourth-order valence-corrected chi connectivity index (χ4v) is 3.14. The van der Waals surface area contributed by atoms with Crippen LogP contribution in [0.3, 0.4) is 0 Å². The summed E-state index contributed by atoms with van der Waals surface area (Å²) in [5.41, 5.74) is 0.623. The Hall–Kier alpha value is -2.78. The molecule has 2 aromatic rings. The Morgan fingerprint density at radius 1 is 1.30 bits per heavy atom. The molecule has 0 atom stereocenters. The number of nitrogens with zero attached hydrogens (tertiary/aromatic N) is 3. The minimum absolute atomic E-state index is 0.0489. The lowest BCUT2D eigenvalue weighted by Crippen LogP contribution is -2.41. The average Bonchev–Trinajstić information content (AvgIpc) is 2.73. The predicted octanol–water partition coefficient (Wildman–Crippen LogP) is 1.00. The monoisotopic (exact) mass is 415 g/mol. The molecule has 2 heterocycles. The molecule has 1 aliphatic rings. The largest absolute Gasteiger partial charge is 0.491 e.